The third-order valence-electron chi connectivity index (χ3n) is 5.50. The molecule has 0 bridgehead atoms. The van der Waals surface area contributed by atoms with Gasteiger partial charge in [-0.05, 0) is 50.1 Å². The number of hydrogen-bond acceptors (Lipinski definition) is 4. The van der Waals surface area contributed by atoms with E-state index in [1.54, 1.807) is 37.3 Å². The Morgan fingerprint density at radius 1 is 1.00 bits per heavy atom. The lowest BCUT2D eigenvalue weighted by Gasteiger charge is -2.33. The summed E-state index contributed by atoms with van der Waals surface area (Å²) in [6.07, 6.45) is 0.716. The zero-order valence-electron chi connectivity index (χ0n) is 20.2. The van der Waals surface area contributed by atoms with Crippen molar-refractivity contribution in [1.82, 2.24) is 14.5 Å². The molecule has 0 aliphatic rings. The van der Waals surface area contributed by atoms with Gasteiger partial charge in [0.15, 0.2) is 0 Å². The third-order valence-corrected chi connectivity index (χ3v) is 7.32. The number of benzene rings is 2. The van der Waals surface area contributed by atoms with Crippen molar-refractivity contribution in [2.75, 3.05) is 24.9 Å². The lowest BCUT2D eigenvalue weighted by molar-refractivity contribution is -0.139. The van der Waals surface area contributed by atoms with Crippen molar-refractivity contribution in [2.45, 2.75) is 45.8 Å². The second-order valence-corrected chi connectivity index (χ2v) is 10.3. The molecule has 1 N–H and O–H groups in total. The Balaban J connectivity index is 2.41. The molecule has 34 heavy (non-hydrogen) atoms. The van der Waals surface area contributed by atoms with E-state index in [9.17, 15) is 22.4 Å². The maximum Gasteiger partial charge on any atom is 0.304 e. The van der Waals surface area contributed by atoms with Gasteiger partial charge in [0.2, 0.25) is 11.8 Å². The number of rotatable bonds is 11. The van der Waals surface area contributed by atoms with Gasteiger partial charge in [-0.3, -0.25) is 9.59 Å². The van der Waals surface area contributed by atoms with Crippen molar-refractivity contribution in [3.8, 4) is 0 Å². The minimum atomic E-state index is -4.00. The molecule has 2 aromatic carbocycles. The molecule has 2 rings (SSSR count). The van der Waals surface area contributed by atoms with Crippen molar-refractivity contribution in [1.29, 1.82) is 0 Å². The number of hydrogen-bond donors (Lipinski definition) is 1. The third kappa shape index (κ3) is 7.01. The number of amides is 2. The van der Waals surface area contributed by atoms with Crippen LogP contribution in [-0.4, -0.2) is 62.2 Å². The average Bonchev–Trinajstić information content (AvgIpc) is 2.81. The zero-order chi connectivity index (χ0) is 25.5. The molecule has 0 aliphatic heterocycles. The van der Waals surface area contributed by atoms with Gasteiger partial charge in [0, 0.05) is 26.7 Å². The van der Waals surface area contributed by atoms with E-state index >= 15 is 0 Å². The van der Waals surface area contributed by atoms with Gasteiger partial charge in [-0.25, -0.2) is 8.70 Å². The minimum Gasteiger partial charge on any atom is -0.352 e. The summed E-state index contributed by atoms with van der Waals surface area (Å²) in [7, 11) is -1.23. The van der Waals surface area contributed by atoms with E-state index in [1.807, 2.05) is 13.8 Å². The van der Waals surface area contributed by atoms with Crippen LogP contribution in [0.5, 0.6) is 0 Å². The van der Waals surface area contributed by atoms with Crippen molar-refractivity contribution >= 4 is 27.7 Å². The molecule has 0 saturated carbocycles. The molecule has 2 atom stereocenters. The molecule has 0 aliphatic carbocycles. The summed E-state index contributed by atoms with van der Waals surface area (Å²) < 4.78 is 41.5. The molecule has 0 fully saturated rings. The molecular formula is C24H33FN4O4S. The predicted molar refractivity (Wildman–Crippen MR) is 131 cm³/mol. The number of nitrogens with one attached hydrogen (secondary N) is 1. The molecular weight excluding hydrogens is 459 g/mol. The minimum absolute atomic E-state index is 0.0127. The lowest BCUT2D eigenvalue weighted by atomic mass is 10.1. The van der Waals surface area contributed by atoms with Gasteiger partial charge in [-0.2, -0.15) is 12.7 Å². The highest BCUT2D eigenvalue weighted by atomic mass is 32.2. The number of nitrogens with zero attached hydrogens (tertiary/aromatic N) is 3. The van der Waals surface area contributed by atoms with Gasteiger partial charge < -0.3 is 10.2 Å². The van der Waals surface area contributed by atoms with Crippen molar-refractivity contribution < 1.29 is 22.4 Å². The molecule has 0 saturated heterocycles. The summed E-state index contributed by atoms with van der Waals surface area (Å²) in [5.74, 6) is -1.34. The SMILES string of the molecule is CCC(C)NC(=O)C(C)N(Cc1ccc(F)cc1)C(=O)CN(c1ccccc1)S(=O)(=O)N(C)C. The molecule has 0 heterocycles. The van der Waals surface area contributed by atoms with Crippen LogP contribution in [0.2, 0.25) is 0 Å². The fourth-order valence-corrected chi connectivity index (χ4v) is 4.20. The topological polar surface area (TPSA) is 90.0 Å². The van der Waals surface area contributed by atoms with Gasteiger partial charge in [-0.15, -0.1) is 0 Å². The highest BCUT2D eigenvalue weighted by Crippen LogP contribution is 2.20. The van der Waals surface area contributed by atoms with E-state index in [0.717, 1.165) is 8.61 Å². The van der Waals surface area contributed by atoms with Crippen LogP contribution in [0.1, 0.15) is 32.8 Å². The molecule has 2 aromatic rings. The van der Waals surface area contributed by atoms with Gasteiger partial charge in [-0.1, -0.05) is 37.3 Å². The highest BCUT2D eigenvalue weighted by Gasteiger charge is 2.32. The Kier molecular flexibility index (Phi) is 9.57. The van der Waals surface area contributed by atoms with Crippen LogP contribution in [0.15, 0.2) is 54.6 Å². The summed E-state index contributed by atoms with van der Waals surface area (Å²) in [4.78, 5) is 27.7. The molecule has 10 heteroatoms. The van der Waals surface area contributed by atoms with Gasteiger partial charge in [0.05, 0.1) is 5.69 Å². The van der Waals surface area contributed by atoms with Crippen molar-refractivity contribution in [2.24, 2.45) is 0 Å². The van der Waals surface area contributed by atoms with Gasteiger partial charge in [0.25, 0.3) is 0 Å². The molecule has 8 nitrogen and oxygen atoms in total. The first-order valence-corrected chi connectivity index (χ1v) is 12.5. The van der Waals surface area contributed by atoms with Crippen LogP contribution in [0.25, 0.3) is 0 Å². The van der Waals surface area contributed by atoms with E-state index in [4.69, 9.17) is 0 Å². The lowest BCUT2D eigenvalue weighted by Crippen LogP contribution is -2.53. The molecule has 2 amide bonds. The summed E-state index contributed by atoms with van der Waals surface area (Å²) in [5.41, 5.74) is 0.933. The summed E-state index contributed by atoms with van der Waals surface area (Å²) >= 11 is 0. The maximum absolute atomic E-state index is 13.5. The van der Waals surface area contributed by atoms with E-state index < -0.39 is 34.5 Å². The van der Waals surface area contributed by atoms with Crippen molar-refractivity contribution in [3.63, 3.8) is 0 Å². The van der Waals surface area contributed by atoms with Crippen molar-refractivity contribution in [3.05, 3.63) is 66.0 Å². The Morgan fingerprint density at radius 3 is 2.12 bits per heavy atom. The van der Waals surface area contributed by atoms with Crippen LogP contribution in [0, 0.1) is 5.82 Å². The van der Waals surface area contributed by atoms with E-state index in [0.29, 0.717) is 17.7 Å². The molecule has 186 valence electrons. The second-order valence-electron chi connectivity index (χ2n) is 8.27. The largest absolute Gasteiger partial charge is 0.352 e. The summed E-state index contributed by atoms with van der Waals surface area (Å²) in [6, 6.07) is 12.9. The van der Waals surface area contributed by atoms with Gasteiger partial charge in [0.1, 0.15) is 18.4 Å². The van der Waals surface area contributed by atoms with Gasteiger partial charge >= 0.3 is 10.2 Å². The summed E-state index contributed by atoms with van der Waals surface area (Å²) in [6.45, 7) is 4.89. The van der Waals surface area contributed by atoms with Crippen LogP contribution in [0.3, 0.4) is 0 Å². The standard InChI is InChI=1S/C24H33FN4O4S/c1-6-18(2)26-24(31)19(3)28(16-20-12-14-21(25)15-13-20)23(30)17-29(34(32,33)27(4)5)22-10-8-7-9-11-22/h7-15,18-19H,6,16-17H2,1-5H3,(H,26,31). The van der Waals surface area contributed by atoms with E-state index in [2.05, 4.69) is 5.32 Å². The normalized spacial score (nSPS) is 13.3. The first-order valence-electron chi connectivity index (χ1n) is 11.1. The van der Waals surface area contributed by atoms with E-state index in [-0.39, 0.29) is 18.5 Å². The molecule has 0 aromatic heterocycles. The maximum atomic E-state index is 13.5. The Morgan fingerprint density at radius 2 is 1.59 bits per heavy atom. The highest BCUT2D eigenvalue weighted by molar-refractivity contribution is 7.90. The monoisotopic (exact) mass is 492 g/mol. The predicted octanol–water partition coefficient (Wildman–Crippen LogP) is 2.77. The number of halogens is 1. The zero-order valence-corrected chi connectivity index (χ0v) is 21.0. The van der Waals surface area contributed by atoms with Crippen LogP contribution in [0.4, 0.5) is 10.1 Å². The number of carbonyl (C=O) groups excluding carboxylic acids is 2. The van der Waals surface area contributed by atoms with E-state index in [1.165, 1.54) is 43.3 Å². The number of carbonyl (C=O) groups is 2. The average molecular weight is 493 g/mol. The Bertz CT molecular complexity index is 1060. The first-order chi connectivity index (χ1) is 16.0. The fraction of sp³-hybridized carbons (Fsp3) is 0.417. The Labute approximate surface area is 201 Å². The van der Waals surface area contributed by atoms with Crippen LogP contribution < -0.4 is 9.62 Å². The fourth-order valence-electron chi connectivity index (χ4n) is 3.15. The molecule has 0 spiro atoms. The smallest absolute Gasteiger partial charge is 0.304 e. The first kappa shape index (κ1) is 27.3. The van der Waals surface area contributed by atoms with Crippen LogP contribution >= 0.6 is 0 Å². The Hall–Kier alpha value is -2.98. The molecule has 2 unspecified atom stereocenters. The van der Waals surface area contributed by atoms with Crippen LogP contribution in [-0.2, 0) is 26.3 Å². The summed E-state index contributed by atoms with van der Waals surface area (Å²) in [5, 5.41) is 2.86. The molecule has 0 radical (unpaired) electrons. The second kappa shape index (κ2) is 11.9. The quantitative estimate of drug-likeness (QED) is 0.522. The number of anilines is 1. The number of para-hydroxylation sites is 1.